The summed E-state index contributed by atoms with van der Waals surface area (Å²) in [4.78, 5) is 0. The average molecular weight is 290 g/mol. The Morgan fingerprint density at radius 1 is 0.762 bits per heavy atom. The lowest BCUT2D eigenvalue weighted by Crippen LogP contribution is -2.66. The molecule has 6 atom stereocenters. The predicted molar refractivity (Wildman–Crippen MR) is 89.0 cm³/mol. The standard InChI is InChI=1S/C20H35N/c1-19-13-6-2-3-8-16(19)12-14-20(21)17-9-5-4-7-15(17)10-11-18(19)20/h15-18H,2-14,21H2,1H3. The molecule has 0 heterocycles. The molecule has 0 aliphatic heterocycles. The molecule has 0 radical (unpaired) electrons. The summed E-state index contributed by atoms with van der Waals surface area (Å²) >= 11 is 0. The van der Waals surface area contributed by atoms with Crippen molar-refractivity contribution in [2.24, 2.45) is 34.8 Å². The van der Waals surface area contributed by atoms with Crippen molar-refractivity contribution in [3.8, 4) is 0 Å². The van der Waals surface area contributed by atoms with Crippen molar-refractivity contribution in [3.63, 3.8) is 0 Å². The van der Waals surface area contributed by atoms with Gasteiger partial charge in [-0.3, -0.25) is 0 Å². The van der Waals surface area contributed by atoms with Gasteiger partial charge in [0.25, 0.3) is 0 Å². The molecule has 1 heteroatoms. The first kappa shape index (κ1) is 14.5. The van der Waals surface area contributed by atoms with Crippen LogP contribution in [-0.2, 0) is 0 Å². The second-order valence-electron chi connectivity index (χ2n) is 9.23. The molecular weight excluding hydrogens is 254 g/mol. The fraction of sp³-hybridized carbons (Fsp3) is 1.00. The molecule has 0 amide bonds. The molecule has 4 saturated carbocycles. The van der Waals surface area contributed by atoms with E-state index in [4.69, 9.17) is 5.73 Å². The molecule has 1 nitrogen and oxygen atoms in total. The number of hydrogen-bond donors (Lipinski definition) is 1. The summed E-state index contributed by atoms with van der Waals surface area (Å²) in [5, 5.41) is 0. The highest BCUT2D eigenvalue weighted by Crippen LogP contribution is 2.62. The van der Waals surface area contributed by atoms with Crippen LogP contribution in [-0.4, -0.2) is 5.54 Å². The Balaban J connectivity index is 1.67. The Kier molecular flexibility index (Phi) is 3.64. The summed E-state index contributed by atoms with van der Waals surface area (Å²) in [6.45, 7) is 2.65. The first-order valence-electron chi connectivity index (χ1n) is 9.93. The first-order chi connectivity index (χ1) is 10.1. The summed E-state index contributed by atoms with van der Waals surface area (Å²) in [6.07, 6.45) is 19.0. The largest absolute Gasteiger partial charge is 0.325 e. The van der Waals surface area contributed by atoms with Gasteiger partial charge in [0.15, 0.2) is 0 Å². The van der Waals surface area contributed by atoms with E-state index in [2.05, 4.69) is 6.92 Å². The smallest absolute Gasteiger partial charge is 0.0219 e. The van der Waals surface area contributed by atoms with Gasteiger partial charge >= 0.3 is 0 Å². The number of hydrogen-bond acceptors (Lipinski definition) is 1. The average Bonchev–Trinajstić information content (AvgIpc) is 2.68. The SMILES string of the molecule is CC12CCCCCC1CCC1(N)C3CCCCC3CCC21. The number of fused-ring (bicyclic) bond motifs is 5. The van der Waals surface area contributed by atoms with Gasteiger partial charge in [0, 0.05) is 5.54 Å². The highest BCUT2D eigenvalue weighted by molar-refractivity contribution is 5.12. The third kappa shape index (κ3) is 2.13. The van der Waals surface area contributed by atoms with Gasteiger partial charge in [-0.05, 0) is 74.0 Å². The van der Waals surface area contributed by atoms with Gasteiger partial charge in [0.2, 0.25) is 0 Å². The molecule has 2 N–H and O–H groups in total. The van der Waals surface area contributed by atoms with Gasteiger partial charge in [-0.25, -0.2) is 0 Å². The van der Waals surface area contributed by atoms with Crippen molar-refractivity contribution in [2.75, 3.05) is 0 Å². The highest BCUT2D eigenvalue weighted by Gasteiger charge is 2.59. The van der Waals surface area contributed by atoms with E-state index < -0.39 is 0 Å². The quantitative estimate of drug-likeness (QED) is 0.645. The summed E-state index contributed by atoms with van der Waals surface area (Å²) in [5.74, 6) is 3.67. The zero-order chi connectivity index (χ0) is 14.5. The molecule has 4 rings (SSSR count). The minimum absolute atomic E-state index is 0.207. The molecule has 0 spiro atoms. The Bertz CT molecular complexity index is 391. The fourth-order valence-electron chi connectivity index (χ4n) is 7.44. The van der Waals surface area contributed by atoms with Crippen LogP contribution in [0.4, 0.5) is 0 Å². The Morgan fingerprint density at radius 3 is 2.48 bits per heavy atom. The molecule has 4 fully saturated rings. The van der Waals surface area contributed by atoms with E-state index in [0.29, 0.717) is 5.41 Å². The topological polar surface area (TPSA) is 26.0 Å². The molecular formula is C20H35N. The predicted octanol–water partition coefficient (Wildman–Crippen LogP) is 5.28. The van der Waals surface area contributed by atoms with Gasteiger partial charge in [-0.2, -0.15) is 0 Å². The molecule has 4 aliphatic rings. The van der Waals surface area contributed by atoms with Crippen molar-refractivity contribution in [1.29, 1.82) is 0 Å². The number of nitrogens with two attached hydrogens (primary N) is 1. The second-order valence-corrected chi connectivity index (χ2v) is 9.23. The van der Waals surface area contributed by atoms with Gasteiger partial charge in [0.1, 0.15) is 0 Å². The Hall–Kier alpha value is -0.0400. The number of rotatable bonds is 0. The molecule has 6 unspecified atom stereocenters. The maximum atomic E-state index is 7.26. The third-order valence-electron chi connectivity index (χ3n) is 8.50. The van der Waals surface area contributed by atoms with Crippen LogP contribution in [0.5, 0.6) is 0 Å². The van der Waals surface area contributed by atoms with Crippen molar-refractivity contribution >= 4 is 0 Å². The van der Waals surface area contributed by atoms with Gasteiger partial charge in [-0.1, -0.05) is 45.4 Å². The molecule has 21 heavy (non-hydrogen) atoms. The molecule has 0 bridgehead atoms. The van der Waals surface area contributed by atoms with E-state index in [9.17, 15) is 0 Å². The van der Waals surface area contributed by atoms with Crippen molar-refractivity contribution < 1.29 is 0 Å². The van der Waals surface area contributed by atoms with E-state index in [1.165, 1.54) is 83.5 Å². The van der Waals surface area contributed by atoms with E-state index in [1.807, 2.05) is 0 Å². The van der Waals surface area contributed by atoms with Crippen LogP contribution < -0.4 is 5.73 Å². The lowest BCUT2D eigenvalue weighted by atomic mass is 9.44. The monoisotopic (exact) mass is 289 g/mol. The van der Waals surface area contributed by atoms with Crippen LogP contribution >= 0.6 is 0 Å². The van der Waals surface area contributed by atoms with Crippen LogP contribution in [0.25, 0.3) is 0 Å². The van der Waals surface area contributed by atoms with Crippen molar-refractivity contribution in [2.45, 2.75) is 95.9 Å². The highest BCUT2D eigenvalue weighted by atomic mass is 14.8. The van der Waals surface area contributed by atoms with Gasteiger partial charge < -0.3 is 5.73 Å². The van der Waals surface area contributed by atoms with Crippen LogP contribution in [0, 0.1) is 29.1 Å². The summed E-state index contributed by atoms with van der Waals surface area (Å²) in [5.41, 5.74) is 8.04. The summed E-state index contributed by atoms with van der Waals surface area (Å²) in [6, 6.07) is 0. The Labute approximate surface area is 131 Å². The molecule has 0 saturated heterocycles. The summed E-state index contributed by atoms with van der Waals surface area (Å²) in [7, 11) is 0. The lowest BCUT2D eigenvalue weighted by molar-refractivity contribution is -0.1000. The van der Waals surface area contributed by atoms with Crippen LogP contribution in [0.15, 0.2) is 0 Å². The minimum Gasteiger partial charge on any atom is -0.325 e. The van der Waals surface area contributed by atoms with Crippen molar-refractivity contribution in [1.82, 2.24) is 0 Å². The second kappa shape index (κ2) is 5.25. The zero-order valence-electron chi connectivity index (χ0n) is 14.1. The van der Waals surface area contributed by atoms with E-state index in [0.717, 1.165) is 23.7 Å². The van der Waals surface area contributed by atoms with Crippen LogP contribution in [0.3, 0.4) is 0 Å². The minimum atomic E-state index is 0.207. The fourth-order valence-corrected chi connectivity index (χ4v) is 7.44. The van der Waals surface area contributed by atoms with Gasteiger partial charge in [0.05, 0.1) is 0 Å². The maximum absolute atomic E-state index is 7.26. The van der Waals surface area contributed by atoms with Crippen LogP contribution in [0.2, 0.25) is 0 Å². The molecule has 4 aliphatic carbocycles. The molecule has 120 valence electrons. The van der Waals surface area contributed by atoms with E-state index >= 15 is 0 Å². The summed E-state index contributed by atoms with van der Waals surface area (Å²) < 4.78 is 0. The third-order valence-corrected chi connectivity index (χ3v) is 8.50. The molecule has 0 aromatic heterocycles. The van der Waals surface area contributed by atoms with E-state index in [1.54, 1.807) is 0 Å². The molecule has 0 aromatic carbocycles. The van der Waals surface area contributed by atoms with E-state index in [-0.39, 0.29) is 5.54 Å². The maximum Gasteiger partial charge on any atom is 0.0219 e. The normalized spacial score (nSPS) is 54.0. The Morgan fingerprint density at radius 2 is 1.57 bits per heavy atom. The van der Waals surface area contributed by atoms with Gasteiger partial charge in [-0.15, -0.1) is 0 Å². The zero-order valence-corrected chi connectivity index (χ0v) is 14.1. The lowest BCUT2D eigenvalue weighted by Gasteiger charge is -2.63. The molecule has 0 aromatic rings. The first-order valence-corrected chi connectivity index (χ1v) is 9.93. The van der Waals surface area contributed by atoms with Crippen molar-refractivity contribution in [3.05, 3.63) is 0 Å². The van der Waals surface area contributed by atoms with Crippen LogP contribution in [0.1, 0.15) is 90.4 Å².